The van der Waals surface area contributed by atoms with E-state index < -0.39 is 5.97 Å². The molecule has 0 bridgehead atoms. The van der Waals surface area contributed by atoms with Crippen LogP contribution in [0.5, 0.6) is 11.5 Å². The van der Waals surface area contributed by atoms with Gasteiger partial charge in [-0.05, 0) is 47.0 Å². The first-order valence-corrected chi connectivity index (χ1v) is 9.52. The number of aromatic nitrogens is 1. The highest BCUT2D eigenvalue weighted by Crippen LogP contribution is 2.36. The molecule has 0 radical (unpaired) electrons. The third-order valence-electron chi connectivity index (χ3n) is 3.31. The molecule has 0 saturated carbocycles. The molecule has 1 N–H and O–H groups in total. The predicted molar refractivity (Wildman–Crippen MR) is 106 cm³/mol. The number of hydrogen-bond donors (Lipinski definition) is 1. The fourth-order valence-corrected chi connectivity index (χ4v) is 3.72. The number of nitrogens with one attached hydrogen (secondary N) is 1. The van der Waals surface area contributed by atoms with Gasteiger partial charge in [-0.15, -0.1) is 0 Å². The normalized spacial score (nSPS) is 10.8. The fourth-order valence-electron chi connectivity index (χ4n) is 2.18. The zero-order valence-corrected chi connectivity index (χ0v) is 17.4. The molecule has 2 aromatic rings. The molecule has 0 atom stereocenters. The van der Waals surface area contributed by atoms with Gasteiger partial charge in [-0.2, -0.15) is 5.10 Å². The number of methoxy groups -OCH3 is 2. The summed E-state index contributed by atoms with van der Waals surface area (Å²) in [6.07, 6.45) is 2.27. The van der Waals surface area contributed by atoms with E-state index in [9.17, 15) is 4.79 Å². The Hall–Kier alpha value is -2.13. The van der Waals surface area contributed by atoms with Crippen molar-refractivity contribution in [3.8, 4) is 11.5 Å². The molecule has 1 heterocycles. The number of hydrazone groups is 1. The average molecular weight is 442 g/mol. The average Bonchev–Trinajstić information content (AvgIpc) is 3.04. The summed E-state index contributed by atoms with van der Waals surface area (Å²) >= 11 is 4.67. The van der Waals surface area contributed by atoms with Crippen molar-refractivity contribution in [2.45, 2.75) is 20.3 Å². The van der Waals surface area contributed by atoms with Gasteiger partial charge in [0.15, 0.2) is 11.5 Å². The highest BCUT2D eigenvalue weighted by atomic mass is 79.9. The van der Waals surface area contributed by atoms with E-state index in [0.717, 1.165) is 10.0 Å². The SMILES string of the molecule is CCOc1cc(/C=N\Nc2nc(CC)c(C(=O)OC)s2)cc(Br)c1OC. The monoisotopic (exact) mass is 441 g/mol. The third kappa shape index (κ3) is 4.73. The number of esters is 1. The van der Waals surface area contributed by atoms with Crippen molar-refractivity contribution < 1.29 is 19.0 Å². The molecule has 0 saturated heterocycles. The lowest BCUT2D eigenvalue weighted by Gasteiger charge is -2.11. The Bertz CT molecular complexity index is 808. The van der Waals surface area contributed by atoms with Crippen molar-refractivity contribution >= 4 is 44.6 Å². The summed E-state index contributed by atoms with van der Waals surface area (Å²) in [6.45, 7) is 4.36. The van der Waals surface area contributed by atoms with Gasteiger partial charge < -0.3 is 14.2 Å². The van der Waals surface area contributed by atoms with E-state index >= 15 is 0 Å². The number of thiazole rings is 1. The first-order valence-electron chi connectivity index (χ1n) is 7.91. The highest BCUT2D eigenvalue weighted by Gasteiger charge is 2.17. The van der Waals surface area contributed by atoms with Crippen LogP contribution < -0.4 is 14.9 Å². The Kier molecular flexibility index (Phi) is 7.40. The number of carbonyl (C=O) groups is 1. The second-order valence-electron chi connectivity index (χ2n) is 4.98. The summed E-state index contributed by atoms with van der Waals surface area (Å²) in [5.41, 5.74) is 4.35. The molecule has 2 rings (SSSR count). The number of hydrogen-bond acceptors (Lipinski definition) is 8. The van der Waals surface area contributed by atoms with E-state index in [2.05, 4.69) is 31.4 Å². The Labute approximate surface area is 164 Å². The summed E-state index contributed by atoms with van der Waals surface area (Å²) in [5, 5.41) is 4.71. The second kappa shape index (κ2) is 9.54. The highest BCUT2D eigenvalue weighted by molar-refractivity contribution is 9.10. The van der Waals surface area contributed by atoms with Crippen molar-refractivity contribution in [3.63, 3.8) is 0 Å². The quantitative estimate of drug-likeness (QED) is 0.377. The smallest absolute Gasteiger partial charge is 0.350 e. The molecular weight excluding hydrogens is 422 g/mol. The maximum atomic E-state index is 11.7. The third-order valence-corrected chi connectivity index (χ3v) is 4.88. The molecule has 0 fully saturated rings. The lowest BCUT2D eigenvalue weighted by Crippen LogP contribution is -2.01. The van der Waals surface area contributed by atoms with E-state index in [0.29, 0.717) is 40.2 Å². The zero-order valence-electron chi connectivity index (χ0n) is 15.0. The molecule has 0 spiro atoms. The molecule has 0 aliphatic heterocycles. The van der Waals surface area contributed by atoms with Crippen molar-refractivity contribution in [1.29, 1.82) is 0 Å². The number of ether oxygens (including phenoxy) is 3. The Balaban J connectivity index is 2.18. The molecule has 26 heavy (non-hydrogen) atoms. The first-order chi connectivity index (χ1) is 12.5. The minimum atomic E-state index is -0.392. The number of benzene rings is 1. The molecule has 0 unspecified atom stereocenters. The van der Waals surface area contributed by atoms with Gasteiger partial charge in [-0.3, -0.25) is 5.43 Å². The number of nitrogens with zero attached hydrogens (tertiary/aromatic N) is 2. The minimum Gasteiger partial charge on any atom is -0.492 e. The molecule has 1 aromatic carbocycles. The van der Waals surface area contributed by atoms with E-state index in [1.807, 2.05) is 26.0 Å². The zero-order chi connectivity index (χ0) is 19.1. The van der Waals surface area contributed by atoms with Crippen LogP contribution in [0.25, 0.3) is 0 Å². The number of carbonyl (C=O) groups excluding carboxylic acids is 1. The summed E-state index contributed by atoms with van der Waals surface area (Å²) in [4.78, 5) is 16.6. The molecule has 1 aromatic heterocycles. The molecule has 0 aliphatic carbocycles. The van der Waals surface area contributed by atoms with Gasteiger partial charge >= 0.3 is 5.97 Å². The van der Waals surface area contributed by atoms with E-state index in [1.165, 1.54) is 18.4 Å². The maximum absolute atomic E-state index is 11.7. The van der Waals surface area contributed by atoms with Crippen LogP contribution in [-0.2, 0) is 11.2 Å². The number of aryl methyl sites for hydroxylation is 1. The Morgan fingerprint density at radius 3 is 2.77 bits per heavy atom. The van der Waals surface area contributed by atoms with Gasteiger partial charge in [0, 0.05) is 0 Å². The van der Waals surface area contributed by atoms with Crippen LogP contribution in [0.15, 0.2) is 21.7 Å². The molecule has 7 nitrogen and oxygen atoms in total. The van der Waals surface area contributed by atoms with Crippen LogP contribution in [0, 0.1) is 0 Å². The van der Waals surface area contributed by atoms with Gasteiger partial charge in [0.1, 0.15) is 4.88 Å². The first kappa shape index (κ1) is 20.2. The summed E-state index contributed by atoms with van der Waals surface area (Å²) in [7, 11) is 2.94. The van der Waals surface area contributed by atoms with E-state index in [4.69, 9.17) is 14.2 Å². The predicted octanol–water partition coefficient (Wildman–Crippen LogP) is 4.11. The number of rotatable bonds is 8. The van der Waals surface area contributed by atoms with E-state index in [1.54, 1.807) is 13.3 Å². The van der Waals surface area contributed by atoms with Crippen LogP contribution in [0.3, 0.4) is 0 Å². The van der Waals surface area contributed by atoms with Crippen molar-refractivity contribution in [1.82, 2.24) is 4.98 Å². The number of halogens is 1. The molecule has 0 aliphatic rings. The van der Waals surface area contributed by atoms with Gasteiger partial charge in [0.05, 0.1) is 37.2 Å². The van der Waals surface area contributed by atoms with Crippen LogP contribution >= 0.6 is 27.3 Å². The van der Waals surface area contributed by atoms with Crippen LogP contribution in [0.1, 0.15) is 34.8 Å². The van der Waals surface area contributed by atoms with Gasteiger partial charge in [-0.25, -0.2) is 9.78 Å². The van der Waals surface area contributed by atoms with Gasteiger partial charge in [0.25, 0.3) is 0 Å². The molecule has 140 valence electrons. The fraction of sp³-hybridized carbons (Fsp3) is 0.353. The standard InChI is InChI=1S/C17H20BrN3O4S/c1-5-12-15(16(22)24-4)26-17(20-12)21-19-9-10-7-11(18)14(23-3)13(8-10)25-6-2/h7-9H,5-6H2,1-4H3,(H,20,21)/b19-9-. The van der Waals surface area contributed by atoms with Gasteiger partial charge in [0.2, 0.25) is 5.13 Å². The van der Waals surface area contributed by atoms with Crippen molar-refractivity contribution in [3.05, 3.63) is 32.7 Å². The van der Waals surface area contributed by atoms with Crippen molar-refractivity contribution in [2.75, 3.05) is 26.3 Å². The lowest BCUT2D eigenvalue weighted by molar-refractivity contribution is 0.0605. The van der Waals surface area contributed by atoms with Crippen LogP contribution in [0.2, 0.25) is 0 Å². The lowest BCUT2D eigenvalue weighted by atomic mass is 10.2. The Morgan fingerprint density at radius 2 is 2.15 bits per heavy atom. The molecular formula is C17H20BrN3O4S. The minimum absolute atomic E-state index is 0.392. The maximum Gasteiger partial charge on any atom is 0.350 e. The Morgan fingerprint density at radius 1 is 1.38 bits per heavy atom. The molecule has 0 amide bonds. The molecule has 9 heteroatoms. The largest absolute Gasteiger partial charge is 0.492 e. The van der Waals surface area contributed by atoms with Crippen LogP contribution in [0.4, 0.5) is 5.13 Å². The van der Waals surface area contributed by atoms with Gasteiger partial charge in [-0.1, -0.05) is 18.3 Å². The number of anilines is 1. The van der Waals surface area contributed by atoms with E-state index in [-0.39, 0.29) is 0 Å². The summed E-state index contributed by atoms with van der Waals surface area (Å²) < 4.78 is 16.5. The summed E-state index contributed by atoms with van der Waals surface area (Å²) in [6, 6.07) is 3.70. The summed E-state index contributed by atoms with van der Waals surface area (Å²) in [5.74, 6) is 0.866. The topological polar surface area (TPSA) is 82.0 Å². The van der Waals surface area contributed by atoms with Crippen LogP contribution in [-0.4, -0.2) is 38.0 Å². The van der Waals surface area contributed by atoms with Crippen molar-refractivity contribution in [2.24, 2.45) is 5.10 Å². The second-order valence-corrected chi connectivity index (χ2v) is 6.83.